The van der Waals surface area contributed by atoms with E-state index in [-0.39, 0.29) is 0 Å². The van der Waals surface area contributed by atoms with Crippen LogP contribution >= 0.6 is 0 Å². The molecular weight excluding hydrogens is 300 g/mol. The molecule has 1 atom stereocenters. The van der Waals surface area contributed by atoms with Gasteiger partial charge in [0, 0.05) is 12.4 Å². The number of likely N-dealkylation sites (tertiary alicyclic amines) is 1. The molecule has 0 spiro atoms. The molecule has 1 saturated heterocycles. The normalized spacial score (nSPS) is 17.5. The zero-order valence-corrected chi connectivity index (χ0v) is 14.1. The number of rotatable bonds is 5. The third-order valence-corrected chi connectivity index (χ3v) is 4.99. The average molecular weight is 324 g/mol. The number of carboxylic acids is 1. The van der Waals surface area contributed by atoms with Gasteiger partial charge in [0.25, 0.3) is 0 Å². The molecule has 0 radical (unpaired) electrons. The number of hydrogen-bond donors (Lipinski definition) is 1. The van der Waals surface area contributed by atoms with Crippen LogP contribution in [0.1, 0.15) is 48.4 Å². The number of aryl methyl sites for hydroxylation is 1. The Labute approximate surface area is 143 Å². The van der Waals surface area contributed by atoms with Crippen LogP contribution in [0, 0.1) is 0 Å². The number of nitrogens with zero attached hydrogens (tertiary/aromatic N) is 2. The maximum absolute atomic E-state index is 11.8. The molecule has 1 fully saturated rings. The molecule has 0 bridgehead atoms. The minimum Gasteiger partial charge on any atom is -0.480 e. The van der Waals surface area contributed by atoms with Crippen LogP contribution in [0.3, 0.4) is 0 Å². The van der Waals surface area contributed by atoms with Crippen molar-refractivity contribution in [2.75, 3.05) is 13.1 Å². The van der Waals surface area contributed by atoms with E-state index in [2.05, 4.69) is 41.1 Å². The Bertz CT molecular complexity index is 662. The fraction of sp³-hybridized carbons (Fsp3) is 0.400. The fourth-order valence-electron chi connectivity index (χ4n) is 3.56. The first kappa shape index (κ1) is 16.7. The summed E-state index contributed by atoms with van der Waals surface area (Å²) in [6, 6.07) is 11.9. The number of aliphatic carboxylic acids is 1. The highest BCUT2D eigenvalue weighted by atomic mass is 16.4. The first-order valence-corrected chi connectivity index (χ1v) is 8.64. The Morgan fingerprint density at radius 1 is 1.25 bits per heavy atom. The summed E-state index contributed by atoms with van der Waals surface area (Å²) in [6.45, 7) is 3.76. The molecular formula is C20H24N2O2. The van der Waals surface area contributed by atoms with Crippen LogP contribution in [0.15, 0.2) is 48.8 Å². The van der Waals surface area contributed by atoms with E-state index in [1.54, 1.807) is 18.5 Å². The lowest BCUT2D eigenvalue weighted by molar-refractivity contribution is -0.144. The van der Waals surface area contributed by atoms with Crippen molar-refractivity contribution in [3.05, 3.63) is 65.5 Å². The smallest absolute Gasteiger partial charge is 0.325 e. The van der Waals surface area contributed by atoms with Gasteiger partial charge in [-0.25, -0.2) is 0 Å². The van der Waals surface area contributed by atoms with E-state index in [9.17, 15) is 9.90 Å². The van der Waals surface area contributed by atoms with Crippen LogP contribution < -0.4 is 0 Å². The topological polar surface area (TPSA) is 53.4 Å². The largest absolute Gasteiger partial charge is 0.480 e. The molecule has 24 heavy (non-hydrogen) atoms. The standard InChI is InChI=1S/C20H24N2O2/c1-2-15-5-7-16(8-6-15)17-9-12-22(13-10-17)19(20(23)24)18-4-3-11-21-14-18/h3-8,11,14,17,19H,2,9-10,12-13H2,1H3,(H,23,24). The summed E-state index contributed by atoms with van der Waals surface area (Å²) in [5.74, 6) is -0.274. The second-order valence-electron chi connectivity index (χ2n) is 6.43. The van der Waals surface area contributed by atoms with Gasteiger partial charge in [0.05, 0.1) is 0 Å². The van der Waals surface area contributed by atoms with Gasteiger partial charge in [-0.3, -0.25) is 14.7 Å². The summed E-state index contributed by atoms with van der Waals surface area (Å²) in [7, 11) is 0. The molecule has 1 aliphatic heterocycles. The van der Waals surface area contributed by atoms with E-state index >= 15 is 0 Å². The quantitative estimate of drug-likeness (QED) is 0.912. The zero-order valence-electron chi connectivity index (χ0n) is 14.1. The summed E-state index contributed by atoms with van der Waals surface area (Å²) < 4.78 is 0. The third kappa shape index (κ3) is 3.65. The second kappa shape index (κ2) is 7.58. The first-order valence-electron chi connectivity index (χ1n) is 8.64. The summed E-state index contributed by atoms with van der Waals surface area (Å²) in [5, 5.41) is 9.65. The van der Waals surface area contributed by atoms with Crippen molar-refractivity contribution in [3.8, 4) is 0 Å². The van der Waals surface area contributed by atoms with Crippen molar-refractivity contribution in [1.29, 1.82) is 0 Å². The molecule has 0 saturated carbocycles. The van der Waals surface area contributed by atoms with Crippen molar-refractivity contribution in [3.63, 3.8) is 0 Å². The Hall–Kier alpha value is -2.20. The molecule has 4 heteroatoms. The zero-order chi connectivity index (χ0) is 16.9. The van der Waals surface area contributed by atoms with Crippen LogP contribution in [0.4, 0.5) is 0 Å². The molecule has 1 aromatic carbocycles. The van der Waals surface area contributed by atoms with E-state index < -0.39 is 12.0 Å². The van der Waals surface area contributed by atoms with E-state index in [1.807, 2.05) is 6.07 Å². The van der Waals surface area contributed by atoms with Gasteiger partial charge >= 0.3 is 5.97 Å². The van der Waals surface area contributed by atoms with Gasteiger partial charge in [0.1, 0.15) is 6.04 Å². The van der Waals surface area contributed by atoms with Gasteiger partial charge in [0.15, 0.2) is 0 Å². The van der Waals surface area contributed by atoms with Gasteiger partial charge in [-0.1, -0.05) is 37.3 Å². The Morgan fingerprint density at radius 3 is 2.50 bits per heavy atom. The van der Waals surface area contributed by atoms with Crippen molar-refractivity contribution in [2.24, 2.45) is 0 Å². The lowest BCUT2D eigenvalue weighted by Crippen LogP contribution is -2.39. The van der Waals surface area contributed by atoms with E-state index in [0.717, 1.165) is 37.9 Å². The highest BCUT2D eigenvalue weighted by molar-refractivity contribution is 5.75. The number of aromatic nitrogens is 1. The number of carbonyl (C=O) groups is 1. The Balaban J connectivity index is 1.67. The highest BCUT2D eigenvalue weighted by Crippen LogP contribution is 2.32. The van der Waals surface area contributed by atoms with E-state index in [1.165, 1.54) is 11.1 Å². The predicted molar refractivity (Wildman–Crippen MR) is 94.0 cm³/mol. The summed E-state index contributed by atoms with van der Waals surface area (Å²) in [6.07, 6.45) is 6.39. The SMILES string of the molecule is CCc1ccc(C2CCN(C(C(=O)O)c3cccnc3)CC2)cc1. The Kier molecular flexibility index (Phi) is 5.26. The summed E-state index contributed by atoms with van der Waals surface area (Å²) in [4.78, 5) is 17.9. The summed E-state index contributed by atoms with van der Waals surface area (Å²) >= 11 is 0. The van der Waals surface area contributed by atoms with Crippen LogP contribution in [-0.2, 0) is 11.2 Å². The molecule has 3 rings (SSSR count). The van der Waals surface area contributed by atoms with Crippen molar-refractivity contribution in [1.82, 2.24) is 9.88 Å². The average Bonchev–Trinajstić information content (AvgIpc) is 2.63. The fourth-order valence-corrected chi connectivity index (χ4v) is 3.56. The van der Waals surface area contributed by atoms with Crippen molar-refractivity contribution in [2.45, 2.75) is 38.1 Å². The van der Waals surface area contributed by atoms with Crippen molar-refractivity contribution >= 4 is 5.97 Å². The van der Waals surface area contributed by atoms with Crippen LogP contribution in [0.5, 0.6) is 0 Å². The molecule has 126 valence electrons. The number of hydrogen-bond acceptors (Lipinski definition) is 3. The van der Waals surface area contributed by atoms with Gasteiger partial charge in [-0.05, 0) is 61.0 Å². The Morgan fingerprint density at radius 2 is 1.96 bits per heavy atom. The second-order valence-corrected chi connectivity index (χ2v) is 6.43. The molecule has 1 aromatic heterocycles. The number of pyridine rings is 1. The monoisotopic (exact) mass is 324 g/mol. The van der Waals surface area contributed by atoms with Crippen LogP contribution in [0.25, 0.3) is 0 Å². The van der Waals surface area contributed by atoms with Gasteiger partial charge in [-0.15, -0.1) is 0 Å². The molecule has 2 heterocycles. The molecule has 1 aliphatic rings. The van der Waals surface area contributed by atoms with E-state index in [4.69, 9.17) is 0 Å². The molecule has 1 unspecified atom stereocenters. The third-order valence-electron chi connectivity index (χ3n) is 4.99. The molecule has 1 N–H and O–H groups in total. The first-order chi connectivity index (χ1) is 11.7. The number of benzene rings is 1. The predicted octanol–water partition coefficient (Wildman–Crippen LogP) is 3.65. The number of carboxylic acid groups (broad SMARTS) is 1. The highest BCUT2D eigenvalue weighted by Gasteiger charge is 2.31. The lowest BCUT2D eigenvalue weighted by atomic mass is 9.88. The maximum Gasteiger partial charge on any atom is 0.325 e. The number of piperidine rings is 1. The molecule has 2 aromatic rings. The van der Waals surface area contributed by atoms with Crippen LogP contribution in [0.2, 0.25) is 0 Å². The summed E-state index contributed by atoms with van der Waals surface area (Å²) in [5.41, 5.74) is 3.49. The van der Waals surface area contributed by atoms with E-state index in [0.29, 0.717) is 5.92 Å². The molecule has 0 amide bonds. The van der Waals surface area contributed by atoms with Gasteiger partial charge < -0.3 is 5.11 Å². The van der Waals surface area contributed by atoms with Crippen LogP contribution in [-0.4, -0.2) is 34.0 Å². The molecule has 4 nitrogen and oxygen atoms in total. The minimum atomic E-state index is -0.797. The molecule has 0 aliphatic carbocycles. The van der Waals surface area contributed by atoms with Gasteiger partial charge in [-0.2, -0.15) is 0 Å². The minimum absolute atomic E-state index is 0.524. The maximum atomic E-state index is 11.8. The lowest BCUT2D eigenvalue weighted by Gasteiger charge is -2.36. The van der Waals surface area contributed by atoms with Gasteiger partial charge in [0.2, 0.25) is 0 Å². The van der Waals surface area contributed by atoms with Crippen molar-refractivity contribution < 1.29 is 9.90 Å².